The topological polar surface area (TPSA) is 107 Å². The smallest absolute Gasteiger partial charge is 0.407 e. The Kier molecular flexibility index (Phi) is 12.5. The summed E-state index contributed by atoms with van der Waals surface area (Å²) < 4.78 is 28.8. The molecule has 0 saturated carbocycles. The van der Waals surface area contributed by atoms with Gasteiger partial charge in [0.25, 0.3) is 0 Å². The van der Waals surface area contributed by atoms with E-state index in [1.165, 1.54) is 4.90 Å². The van der Waals surface area contributed by atoms with Gasteiger partial charge in [0, 0.05) is 56.8 Å². The molecule has 1 N–H and O–H groups in total. The zero-order valence-corrected chi connectivity index (χ0v) is 27.4. The summed E-state index contributed by atoms with van der Waals surface area (Å²) in [6.45, 7) is 3.86. The first-order valence-corrected chi connectivity index (χ1v) is 16.4. The van der Waals surface area contributed by atoms with Gasteiger partial charge in [-0.25, -0.2) is 4.79 Å². The monoisotopic (exact) mass is 646 g/mol. The molecule has 0 spiro atoms. The third-order valence-electron chi connectivity index (χ3n) is 8.83. The Morgan fingerprint density at radius 2 is 1.77 bits per heavy atom. The molecule has 2 unspecified atom stereocenters. The van der Waals surface area contributed by atoms with Crippen LogP contribution in [0.1, 0.15) is 53.9 Å². The Balaban J connectivity index is 1.16. The van der Waals surface area contributed by atoms with Gasteiger partial charge in [-0.05, 0) is 60.2 Å². The van der Waals surface area contributed by atoms with Crippen molar-refractivity contribution in [2.75, 3.05) is 58.6 Å². The number of carbonyl (C=O) groups excluding carboxylic acids is 1. The van der Waals surface area contributed by atoms with E-state index in [2.05, 4.69) is 6.07 Å². The molecule has 10 heteroatoms. The number of aryl methyl sites for hydroxylation is 1. The van der Waals surface area contributed by atoms with E-state index < -0.39 is 6.09 Å². The standard InChI is InChI=1S/C37H46N2O8/c1-43-20-5-18-39-33-23-27(9-10-29(33)13-16-36(39)40)25-47-35-24-38(37(41)42)19-17-32(35)28-11-14-31(15-12-28)46-22-6-21-45-26-30-7-3-4-8-34(30)44-2/h3-4,7-12,14-15,23,32,35H,5-6,13,16-22,24-26H2,1-2H3,(H,41,42). The fourth-order valence-corrected chi connectivity index (χ4v) is 6.30. The highest BCUT2D eigenvalue weighted by Crippen LogP contribution is 2.34. The normalized spacial score (nSPS) is 17.8. The zero-order chi connectivity index (χ0) is 33.0. The average molecular weight is 647 g/mol. The predicted octanol–water partition coefficient (Wildman–Crippen LogP) is 6.05. The van der Waals surface area contributed by atoms with Crippen LogP contribution in [-0.4, -0.2) is 81.8 Å². The predicted molar refractivity (Wildman–Crippen MR) is 178 cm³/mol. The number of amides is 2. The van der Waals surface area contributed by atoms with Crippen LogP contribution < -0.4 is 14.4 Å². The van der Waals surface area contributed by atoms with Gasteiger partial charge in [0.1, 0.15) is 11.5 Å². The van der Waals surface area contributed by atoms with E-state index >= 15 is 0 Å². The number of hydrogen-bond acceptors (Lipinski definition) is 7. The third-order valence-corrected chi connectivity index (χ3v) is 8.83. The van der Waals surface area contributed by atoms with Crippen molar-refractivity contribution in [1.82, 2.24) is 4.90 Å². The fraction of sp³-hybridized carbons (Fsp3) is 0.459. The van der Waals surface area contributed by atoms with Crippen LogP contribution >= 0.6 is 0 Å². The van der Waals surface area contributed by atoms with Crippen LogP contribution in [0.3, 0.4) is 0 Å². The number of fused-ring (bicyclic) bond motifs is 1. The summed E-state index contributed by atoms with van der Waals surface area (Å²) in [5, 5.41) is 9.72. The van der Waals surface area contributed by atoms with Gasteiger partial charge in [-0.3, -0.25) is 4.79 Å². The van der Waals surface area contributed by atoms with E-state index in [1.807, 2.05) is 65.6 Å². The maximum atomic E-state index is 12.7. The van der Waals surface area contributed by atoms with Gasteiger partial charge in [-0.2, -0.15) is 0 Å². The summed E-state index contributed by atoms with van der Waals surface area (Å²) in [7, 11) is 3.32. The number of anilines is 1. The quantitative estimate of drug-likeness (QED) is 0.188. The Morgan fingerprint density at radius 3 is 2.55 bits per heavy atom. The largest absolute Gasteiger partial charge is 0.496 e. The molecule has 2 aliphatic rings. The molecule has 2 heterocycles. The van der Waals surface area contributed by atoms with E-state index in [4.69, 9.17) is 23.7 Å². The van der Waals surface area contributed by atoms with Crippen LogP contribution in [-0.2, 0) is 38.6 Å². The second-order valence-electron chi connectivity index (χ2n) is 12.0. The highest BCUT2D eigenvalue weighted by atomic mass is 16.5. The van der Waals surface area contributed by atoms with Crippen molar-refractivity contribution < 1.29 is 38.4 Å². The fourth-order valence-electron chi connectivity index (χ4n) is 6.30. The Hall–Kier alpha value is -4.12. The zero-order valence-electron chi connectivity index (χ0n) is 27.4. The van der Waals surface area contributed by atoms with Crippen molar-refractivity contribution in [3.63, 3.8) is 0 Å². The van der Waals surface area contributed by atoms with Crippen LogP contribution in [0.15, 0.2) is 66.7 Å². The highest BCUT2D eigenvalue weighted by molar-refractivity contribution is 5.96. The molecule has 252 valence electrons. The highest BCUT2D eigenvalue weighted by Gasteiger charge is 2.33. The molecule has 2 atom stereocenters. The minimum absolute atomic E-state index is 0.0350. The number of para-hydroxylation sites is 1. The van der Waals surface area contributed by atoms with Crippen LogP contribution in [0, 0.1) is 0 Å². The molecule has 5 rings (SSSR count). The number of ether oxygens (including phenoxy) is 5. The lowest BCUT2D eigenvalue weighted by atomic mass is 9.87. The molecular weight excluding hydrogens is 600 g/mol. The molecule has 2 aliphatic heterocycles. The molecule has 2 amide bonds. The van der Waals surface area contributed by atoms with E-state index in [-0.39, 0.29) is 17.9 Å². The van der Waals surface area contributed by atoms with Gasteiger partial charge >= 0.3 is 6.09 Å². The number of nitrogens with zero attached hydrogens (tertiary/aromatic N) is 2. The Bertz CT molecular complexity index is 1460. The molecule has 3 aromatic carbocycles. The SMILES string of the molecule is COCCCN1C(=O)CCc2ccc(COC3CN(C(=O)O)CCC3c3ccc(OCCCOCc4ccccc4OC)cc3)cc21. The van der Waals surface area contributed by atoms with E-state index in [1.54, 1.807) is 14.2 Å². The lowest BCUT2D eigenvalue weighted by molar-refractivity contribution is -0.118. The van der Waals surface area contributed by atoms with Crippen molar-refractivity contribution in [1.29, 1.82) is 0 Å². The molecule has 0 aromatic heterocycles. The molecule has 47 heavy (non-hydrogen) atoms. The summed E-state index contributed by atoms with van der Waals surface area (Å²) in [6, 6.07) is 22.0. The number of likely N-dealkylation sites (tertiary alicyclic amines) is 1. The average Bonchev–Trinajstić information content (AvgIpc) is 3.10. The number of piperidine rings is 1. The molecule has 3 aromatic rings. The number of hydrogen-bond donors (Lipinski definition) is 1. The first-order valence-electron chi connectivity index (χ1n) is 16.4. The first-order chi connectivity index (χ1) is 23.0. The van der Waals surface area contributed by atoms with Crippen molar-refractivity contribution in [3.05, 3.63) is 89.0 Å². The first kappa shape index (κ1) is 34.2. The van der Waals surface area contributed by atoms with Crippen molar-refractivity contribution in [3.8, 4) is 11.5 Å². The molecule has 10 nitrogen and oxygen atoms in total. The molecule has 1 fully saturated rings. The molecule has 1 saturated heterocycles. The maximum absolute atomic E-state index is 12.7. The second-order valence-corrected chi connectivity index (χ2v) is 12.0. The molecule has 0 aliphatic carbocycles. The van der Waals surface area contributed by atoms with E-state index in [9.17, 15) is 14.7 Å². The van der Waals surface area contributed by atoms with Crippen LogP contribution in [0.2, 0.25) is 0 Å². The number of carbonyl (C=O) groups is 2. The van der Waals surface area contributed by atoms with Crippen molar-refractivity contribution >= 4 is 17.7 Å². The van der Waals surface area contributed by atoms with Gasteiger partial charge in [0.2, 0.25) is 5.91 Å². The van der Waals surface area contributed by atoms with Gasteiger partial charge in [0.05, 0.1) is 46.2 Å². The summed E-state index contributed by atoms with van der Waals surface area (Å²) in [5.41, 5.74) is 5.15. The van der Waals surface area contributed by atoms with Crippen LogP contribution in [0.5, 0.6) is 11.5 Å². The van der Waals surface area contributed by atoms with Gasteiger partial charge in [0.15, 0.2) is 0 Å². The third kappa shape index (κ3) is 9.24. The maximum Gasteiger partial charge on any atom is 0.407 e. The van der Waals surface area contributed by atoms with Gasteiger partial charge in [-0.15, -0.1) is 0 Å². The lowest BCUT2D eigenvalue weighted by Crippen LogP contribution is -2.46. The minimum atomic E-state index is -0.938. The number of methoxy groups -OCH3 is 2. The van der Waals surface area contributed by atoms with Crippen LogP contribution in [0.4, 0.5) is 10.5 Å². The van der Waals surface area contributed by atoms with E-state index in [0.29, 0.717) is 65.5 Å². The lowest BCUT2D eigenvalue weighted by Gasteiger charge is -2.37. The number of benzene rings is 3. The summed E-state index contributed by atoms with van der Waals surface area (Å²) in [4.78, 5) is 27.9. The van der Waals surface area contributed by atoms with Gasteiger partial charge < -0.3 is 38.6 Å². The summed E-state index contributed by atoms with van der Waals surface area (Å²) in [5.74, 6) is 1.76. The van der Waals surface area contributed by atoms with Crippen molar-refractivity contribution in [2.45, 2.75) is 57.3 Å². The number of rotatable bonds is 16. The van der Waals surface area contributed by atoms with E-state index in [0.717, 1.165) is 58.7 Å². The molecule has 0 bridgehead atoms. The van der Waals surface area contributed by atoms with Gasteiger partial charge in [-0.1, -0.05) is 42.5 Å². The van der Waals surface area contributed by atoms with Crippen LogP contribution in [0.25, 0.3) is 0 Å². The minimum Gasteiger partial charge on any atom is -0.496 e. The molecular formula is C37H46N2O8. The molecule has 0 radical (unpaired) electrons. The second kappa shape index (κ2) is 17.2. The van der Waals surface area contributed by atoms with Crippen molar-refractivity contribution in [2.24, 2.45) is 0 Å². The summed E-state index contributed by atoms with van der Waals surface area (Å²) in [6.07, 6.45) is 2.16. The Morgan fingerprint density at radius 1 is 0.936 bits per heavy atom. The number of carboxylic acid groups (broad SMARTS) is 1. The Labute approximate surface area is 277 Å². The summed E-state index contributed by atoms with van der Waals surface area (Å²) >= 11 is 0.